The van der Waals surface area contributed by atoms with Crippen LogP contribution >= 0.6 is 0 Å². The number of nitrogens with two attached hydrogens (primary N) is 1. The van der Waals surface area contributed by atoms with E-state index in [0.29, 0.717) is 22.5 Å². The summed E-state index contributed by atoms with van der Waals surface area (Å²) in [7, 11) is 0. The van der Waals surface area contributed by atoms with Gasteiger partial charge in [-0.3, -0.25) is 24.6 Å². The number of nitrogens with one attached hydrogen (secondary N) is 2. The number of anilines is 2. The molecule has 0 aromatic heterocycles. The van der Waals surface area contributed by atoms with Crippen LogP contribution in [0.1, 0.15) is 46.5 Å². The van der Waals surface area contributed by atoms with Gasteiger partial charge in [0.25, 0.3) is 11.8 Å². The number of hydrogen-bond donors (Lipinski definition) is 4. The average Bonchev–Trinajstić information content (AvgIpc) is 2.86. The van der Waals surface area contributed by atoms with Gasteiger partial charge < -0.3 is 26.0 Å². The Morgan fingerprint density at radius 2 is 1.76 bits per heavy atom. The third kappa shape index (κ3) is 5.17. The smallest absolute Gasteiger partial charge is 0.305 e. The van der Waals surface area contributed by atoms with Crippen molar-refractivity contribution in [2.45, 2.75) is 26.3 Å². The maximum absolute atomic E-state index is 13.2. The molecule has 1 heterocycles. The highest BCUT2D eigenvalue weighted by molar-refractivity contribution is 6.11. The Labute approximate surface area is 190 Å². The van der Waals surface area contributed by atoms with Crippen molar-refractivity contribution in [1.29, 1.82) is 5.41 Å². The van der Waals surface area contributed by atoms with Gasteiger partial charge in [0.05, 0.1) is 17.7 Å². The first-order valence-corrected chi connectivity index (χ1v) is 10.3. The van der Waals surface area contributed by atoms with E-state index in [0.717, 1.165) is 0 Å². The summed E-state index contributed by atoms with van der Waals surface area (Å²) in [6.07, 6.45) is -0.289. The van der Waals surface area contributed by atoms with Crippen LogP contribution in [0, 0.1) is 5.41 Å². The van der Waals surface area contributed by atoms with Gasteiger partial charge in [0.1, 0.15) is 12.4 Å². The zero-order valence-corrected chi connectivity index (χ0v) is 18.3. The van der Waals surface area contributed by atoms with Crippen LogP contribution in [0.4, 0.5) is 11.4 Å². The van der Waals surface area contributed by atoms with Crippen molar-refractivity contribution >= 4 is 40.9 Å². The van der Waals surface area contributed by atoms with Gasteiger partial charge in [-0.2, -0.15) is 0 Å². The monoisotopic (exact) mass is 451 g/mol. The summed E-state index contributed by atoms with van der Waals surface area (Å²) in [4.78, 5) is 52.4. The van der Waals surface area contributed by atoms with E-state index >= 15 is 0 Å². The van der Waals surface area contributed by atoms with E-state index in [9.17, 15) is 19.2 Å². The number of carbonyl (C=O) groups is 4. The van der Waals surface area contributed by atoms with E-state index in [1.807, 2.05) is 13.8 Å². The Hall–Kier alpha value is -4.21. The summed E-state index contributed by atoms with van der Waals surface area (Å²) in [6.45, 7) is 3.30. The number of carbonyl (C=O) groups excluding carboxylic acids is 3. The molecule has 0 atom stereocenters. The van der Waals surface area contributed by atoms with Crippen LogP contribution in [0.2, 0.25) is 0 Å². The number of carboxylic acid groups (broad SMARTS) is 1. The second-order valence-corrected chi connectivity index (χ2v) is 7.91. The van der Waals surface area contributed by atoms with Crippen molar-refractivity contribution in [3.63, 3.8) is 0 Å². The molecule has 3 rings (SSSR count). The van der Waals surface area contributed by atoms with Crippen LogP contribution in [0.5, 0.6) is 0 Å². The summed E-state index contributed by atoms with van der Waals surface area (Å²) in [5.41, 5.74) is 7.21. The van der Waals surface area contributed by atoms with E-state index < -0.39 is 17.8 Å². The van der Waals surface area contributed by atoms with Gasteiger partial charge in [-0.15, -0.1) is 0 Å². The molecule has 5 N–H and O–H groups in total. The lowest BCUT2D eigenvalue weighted by molar-refractivity contribution is -0.137. The number of fused-ring (bicyclic) bond motifs is 1. The number of aliphatic carboxylic acids is 1. The summed E-state index contributed by atoms with van der Waals surface area (Å²) in [6, 6.07) is 10.6. The Bertz CT molecular complexity index is 1130. The summed E-state index contributed by atoms with van der Waals surface area (Å²) < 4.78 is 0. The molecule has 1 aliphatic rings. The number of amidine groups is 1. The second-order valence-electron chi connectivity index (χ2n) is 7.91. The number of amides is 3. The van der Waals surface area contributed by atoms with Gasteiger partial charge in [-0.25, -0.2) is 0 Å². The molecule has 0 fully saturated rings. The predicted octanol–water partition coefficient (Wildman–Crippen LogP) is 1.89. The molecular formula is C23H25N5O5. The second kappa shape index (κ2) is 9.51. The zero-order valence-electron chi connectivity index (χ0n) is 18.3. The lowest BCUT2D eigenvalue weighted by Gasteiger charge is -2.26. The van der Waals surface area contributed by atoms with Crippen LogP contribution in [0.15, 0.2) is 42.5 Å². The molecular weight excluding hydrogens is 426 g/mol. The minimum atomic E-state index is -1.07. The van der Waals surface area contributed by atoms with Gasteiger partial charge >= 0.3 is 5.97 Å². The third-order valence-corrected chi connectivity index (χ3v) is 5.20. The molecule has 0 bridgehead atoms. The Morgan fingerprint density at radius 3 is 2.33 bits per heavy atom. The van der Waals surface area contributed by atoms with Crippen molar-refractivity contribution in [3.05, 3.63) is 59.2 Å². The third-order valence-electron chi connectivity index (χ3n) is 5.20. The number of rotatable bonds is 7. The van der Waals surface area contributed by atoms with Crippen molar-refractivity contribution in [2.75, 3.05) is 23.3 Å². The van der Waals surface area contributed by atoms with Gasteiger partial charge in [0.15, 0.2) is 0 Å². The van der Waals surface area contributed by atoms with E-state index in [1.54, 1.807) is 24.3 Å². The van der Waals surface area contributed by atoms with Crippen molar-refractivity contribution in [2.24, 2.45) is 5.73 Å². The molecule has 0 aliphatic carbocycles. The topological polar surface area (TPSA) is 157 Å². The molecule has 0 radical (unpaired) electrons. The number of hydrogen-bond acceptors (Lipinski definition) is 5. The predicted molar refractivity (Wildman–Crippen MR) is 123 cm³/mol. The molecule has 2 aromatic rings. The Morgan fingerprint density at radius 1 is 1.12 bits per heavy atom. The molecule has 0 unspecified atom stereocenters. The fourth-order valence-electron chi connectivity index (χ4n) is 3.59. The molecule has 10 heteroatoms. The van der Waals surface area contributed by atoms with Crippen LogP contribution in [-0.2, 0) is 9.59 Å². The number of nitrogen functional groups attached to an aromatic ring is 1. The quantitative estimate of drug-likeness (QED) is 0.372. The minimum absolute atomic E-state index is 0.107. The lowest BCUT2D eigenvalue weighted by Crippen LogP contribution is -2.42. The highest BCUT2D eigenvalue weighted by Gasteiger charge is 2.33. The van der Waals surface area contributed by atoms with Crippen LogP contribution in [0.3, 0.4) is 0 Å². The van der Waals surface area contributed by atoms with E-state index in [4.69, 9.17) is 16.2 Å². The van der Waals surface area contributed by atoms with Crippen molar-refractivity contribution in [3.8, 4) is 0 Å². The fourth-order valence-corrected chi connectivity index (χ4v) is 3.59. The Kier molecular flexibility index (Phi) is 6.76. The van der Waals surface area contributed by atoms with Crippen molar-refractivity contribution < 1.29 is 24.3 Å². The summed E-state index contributed by atoms with van der Waals surface area (Å²) in [5.74, 6) is -2.40. The first-order chi connectivity index (χ1) is 15.6. The molecule has 172 valence electrons. The molecule has 0 spiro atoms. The minimum Gasteiger partial charge on any atom is -0.481 e. The molecule has 3 amide bonds. The first-order valence-electron chi connectivity index (χ1n) is 10.3. The van der Waals surface area contributed by atoms with Crippen LogP contribution < -0.4 is 16.0 Å². The molecule has 10 nitrogen and oxygen atoms in total. The normalized spacial score (nSPS) is 13.5. The average molecular weight is 451 g/mol. The number of nitrogens with zero attached hydrogens (tertiary/aromatic N) is 2. The summed E-state index contributed by atoms with van der Waals surface area (Å²) >= 11 is 0. The van der Waals surface area contributed by atoms with Gasteiger partial charge in [0.2, 0.25) is 5.91 Å². The number of benzene rings is 2. The largest absolute Gasteiger partial charge is 0.481 e. The maximum atomic E-state index is 13.2. The summed E-state index contributed by atoms with van der Waals surface area (Å²) in [5, 5.41) is 19.2. The van der Waals surface area contributed by atoms with Crippen LogP contribution in [-0.4, -0.2) is 58.7 Å². The molecule has 0 saturated heterocycles. The molecule has 2 aromatic carbocycles. The van der Waals surface area contributed by atoms with Gasteiger partial charge in [0, 0.05) is 29.4 Å². The first kappa shape index (κ1) is 23.5. The van der Waals surface area contributed by atoms with Crippen LogP contribution in [0.25, 0.3) is 0 Å². The van der Waals surface area contributed by atoms with Crippen molar-refractivity contribution in [1.82, 2.24) is 4.90 Å². The fraction of sp³-hybridized carbons (Fsp3) is 0.261. The maximum Gasteiger partial charge on any atom is 0.305 e. The molecule has 0 saturated carbocycles. The molecule has 1 aliphatic heterocycles. The number of carboxylic acids is 1. The zero-order chi connectivity index (χ0) is 24.3. The lowest BCUT2D eigenvalue weighted by atomic mass is 10.1. The van der Waals surface area contributed by atoms with E-state index in [2.05, 4.69) is 5.32 Å². The van der Waals surface area contributed by atoms with E-state index in [1.165, 1.54) is 28.0 Å². The SMILES string of the molecule is CC(C)N1C(=O)CN(CCC(=O)O)C(=O)c2cc(NC(=O)c3ccc(C(=N)N)cc3)ccc21. The van der Waals surface area contributed by atoms with E-state index in [-0.39, 0.29) is 42.9 Å². The standard InChI is InChI=1S/C23H25N5O5/c1-13(2)28-18-8-7-16(26-22(32)15-5-3-14(4-6-15)21(24)25)11-17(18)23(33)27(12-19(28)29)10-9-20(30)31/h3-8,11,13H,9-10,12H2,1-2H3,(H3,24,25)(H,26,32)(H,30,31). The highest BCUT2D eigenvalue weighted by atomic mass is 16.4. The highest BCUT2D eigenvalue weighted by Crippen LogP contribution is 2.30. The Balaban J connectivity index is 1.93. The molecule has 33 heavy (non-hydrogen) atoms. The van der Waals surface area contributed by atoms with Gasteiger partial charge in [-0.05, 0) is 44.2 Å². The van der Waals surface area contributed by atoms with Gasteiger partial charge in [-0.1, -0.05) is 12.1 Å².